The Morgan fingerprint density at radius 3 is 2.55 bits per heavy atom. The molecule has 11 heavy (non-hydrogen) atoms. The first-order chi connectivity index (χ1) is 5.09. The van der Waals surface area contributed by atoms with Crippen LogP contribution in [0.2, 0.25) is 0 Å². The largest absolute Gasteiger partial charge is 0.391 e. The van der Waals surface area contributed by atoms with Crippen LogP contribution in [0.4, 0.5) is 0 Å². The van der Waals surface area contributed by atoms with Gasteiger partial charge in [0.25, 0.3) is 0 Å². The fraction of sp³-hybridized carbons (Fsp3) is 1.00. The second-order valence-corrected chi connectivity index (χ2v) is 4.08. The van der Waals surface area contributed by atoms with E-state index < -0.39 is 0 Å². The van der Waals surface area contributed by atoms with Crippen LogP contribution in [0.3, 0.4) is 0 Å². The van der Waals surface area contributed by atoms with Gasteiger partial charge >= 0.3 is 0 Å². The molecule has 2 nitrogen and oxygen atoms in total. The highest BCUT2D eigenvalue weighted by Gasteiger charge is 2.28. The molecule has 3 atom stereocenters. The summed E-state index contributed by atoms with van der Waals surface area (Å²) in [6.45, 7) is 6.49. The lowest BCUT2D eigenvalue weighted by molar-refractivity contribution is 0.164. The van der Waals surface area contributed by atoms with E-state index in [4.69, 9.17) is 0 Å². The summed E-state index contributed by atoms with van der Waals surface area (Å²) in [5.74, 6) is 0.727. The predicted molar refractivity (Wildman–Crippen MR) is 46.5 cm³/mol. The Morgan fingerprint density at radius 2 is 2.18 bits per heavy atom. The summed E-state index contributed by atoms with van der Waals surface area (Å²) in [5.41, 5.74) is 0. The first-order valence-electron chi connectivity index (χ1n) is 4.53. The number of aliphatic hydroxyl groups excluding tert-OH is 1. The number of nitrogens with one attached hydrogen (secondary N) is 1. The van der Waals surface area contributed by atoms with Gasteiger partial charge in [-0.05, 0) is 25.7 Å². The van der Waals surface area contributed by atoms with Crippen molar-refractivity contribution in [3.05, 3.63) is 0 Å². The third-order valence-electron chi connectivity index (χ3n) is 2.36. The fourth-order valence-electron chi connectivity index (χ4n) is 1.78. The van der Waals surface area contributed by atoms with Gasteiger partial charge in [-0.25, -0.2) is 0 Å². The molecule has 0 radical (unpaired) electrons. The standard InChI is InChI=1S/C9H19NO/c1-6(2)4-8-5-9(11)7(3)10-8/h6-11H,4-5H2,1-3H3. The van der Waals surface area contributed by atoms with Crippen LogP contribution >= 0.6 is 0 Å². The van der Waals surface area contributed by atoms with Crippen LogP contribution in [0.1, 0.15) is 33.6 Å². The monoisotopic (exact) mass is 157 g/mol. The highest BCUT2D eigenvalue weighted by atomic mass is 16.3. The Morgan fingerprint density at radius 1 is 1.55 bits per heavy atom. The third-order valence-corrected chi connectivity index (χ3v) is 2.36. The second kappa shape index (κ2) is 3.55. The first kappa shape index (κ1) is 9.01. The van der Waals surface area contributed by atoms with Crippen molar-refractivity contribution in [3.63, 3.8) is 0 Å². The molecular formula is C9H19NO. The average Bonchev–Trinajstić information content (AvgIpc) is 2.10. The SMILES string of the molecule is CC(C)CC1CC(O)C(C)N1. The molecular weight excluding hydrogens is 138 g/mol. The molecule has 0 saturated carbocycles. The molecule has 0 amide bonds. The molecule has 66 valence electrons. The lowest BCUT2D eigenvalue weighted by atomic mass is 10.0. The van der Waals surface area contributed by atoms with Gasteiger partial charge in [-0.15, -0.1) is 0 Å². The van der Waals surface area contributed by atoms with Crippen LogP contribution in [0, 0.1) is 5.92 Å². The Labute approximate surface area is 69.0 Å². The van der Waals surface area contributed by atoms with E-state index in [0.717, 1.165) is 12.3 Å². The zero-order valence-corrected chi connectivity index (χ0v) is 7.67. The minimum atomic E-state index is -0.126. The zero-order chi connectivity index (χ0) is 8.43. The van der Waals surface area contributed by atoms with Crippen LogP contribution in [0.5, 0.6) is 0 Å². The number of hydrogen-bond donors (Lipinski definition) is 2. The van der Waals surface area contributed by atoms with Crippen LogP contribution in [-0.4, -0.2) is 23.3 Å². The smallest absolute Gasteiger partial charge is 0.0705 e. The van der Waals surface area contributed by atoms with Gasteiger partial charge in [0.05, 0.1) is 6.10 Å². The lowest BCUT2D eigenvalue weighted by Crippen LogP contribution is -2.30. The van der Waals surface area contributed by atoms with Crippen molar-refractivity contribution in [1.82, 2.24) is 5.32 Å². The summed E-state index contributed by atoms with van der Waals surface area (Å²) >= 11 is 0. The van der Waals surface area contributed by atoms with Crippen molar-refractivity contribution in [2.45, 2.75) is 51.8 Å². The first-order valence-corrected chi connectivity index (χ1v) is 4.53. The topological polar surface area (TPSA) is 32.3 Å². The average molecular weight is 157 g/mol. The summed E-state index contributed by atoms with van der Waals surface area (Å²) < 4.78 is 0. The number of rotatable bonds is 2. The van der Waals surface area contributed by atoms with Gasteiger partial charge in [-0.2, -0.15) is 0 Å². The summed E-state index contributed by atoms with van der Waals surface area (Å²) in [7, 11) is 0. The van der Waals surface area contributed by atoms with E-state index in [9.17, 15) is 5.11 Å². The predicted octanol–water partition coefficient (Wildman–Crippen LogP) is 1.14. The van der Waals surface area contributed by atoms with Crippen LogP contribution in [0.25, 0.3) is 0 Å². The molecule has 0 aromatic heterocycles. The molecule has 3 unspecified atom stereocenters. The highest BCUT2D eigenvalue weighted by Crippen LogP contribution is 2.18. The summed E-state index contributed by atoms with van der Waals surface area (Å²) in [5, 5.41) is 12.8. The number of hydrogen-bond acceptors (Lipinski definition) is 2. The molecule has 0 spiro atoms. The van der Waals surface area contributed by atoms with Gasteiger partial charge in [-0.3, -0.25) is 0 Å². The van der Waals surface area contributed by atoms with E-state index >= 15 is 0 Å². The third kappa shape index (κ3) is 2.46. The van der Waals surface area contributed by atoms with Gasteiger partial charge < -0.3 is 10.4 Å². The Hall–Kier alpha value is -0.0800. The summed E-state index contributed by atoms with van der Waals surface area (Å²) in [6, 6.07) is 0.832. The molecule has 1 rings (SSSR count). The van der Waals surface area contributed by atoms with Gasteiger partial charge in [0, 0.05) is 12.1 Å². The van der Waals surface area contributed by atoms with Gasteiger partial charge in [0.2, 0.25) is 0 Å². The van der Waals surface area contributed by atoms with Crippen molar-refractivity contribution < 1.29 is 5.11 Å². The normalized spacial score (nSPS) is 38.5. The van der Waals surface area contributed by atoms with E-state index in [1.165, 1.54) is 6.42 Å². The maximum Gasteiger partial charge on any atom is 0.0705 e. The molecule has 2 heteroatoms. The minimum Gasteiger partial charge on any atom is -0.391 e. The van der Waals surface area contributed by atoms with E-state index in [0.29, 0.717) is 12.1 Å². The molecule has 1 fully saturated rings. The summed E-state index contributed by atoms with van der Waals surface area (Å²) in [6.07, 6.45) is 1.99. The Kier molecular flexibility index (Phi) is 2.90. The molecule has 0 bridgehead atoms. The maximum absolute atomic E-state index is 9.42. The van der Waals surface area contributed by atoms with Gasteiger partial charge in [-0.1, -0.05) is 13.8 Å². The minimum absolute atomic E-state index is 0.126. The van der Waals surface area contributed by atoms with Crippen molar-refractivity contribution in [2.75, 3.05) is 0 Å². The highest BCUT2D eigenvalue weighted by molar-refractivity contribution is 4.88. The van der Waals surface area contributed by atoms with Crippen molar-refractivity contribution in [1.29, 1.82) is 0 Å². The quantitative estimate of drug-likeness (QED) is 0.630. The molecule has 1 heterocycles. The van der Waals surface area contributed by atoms with Crippen molar-refractivity contribution in [3.8, 4) is 0 Å². The van der Waals surface area contributed by atoms with Crippen LogP contribution < -0.4 is 5.32 Å². The Balaban J connectivity index is 2.29. The van der Waals surface area contributed by atoms with E-state index in [1.807, 2.05) is 6.92 Å². The molecule has 0 aliphatic carbocycles. The van der Waals surface area contributed by atoms with Crippen molar-refractivity contribution in [2.24, 2.45) is 5.92 Å². The van der Waals surface area contributed by atoms with E-state index in [2.05, 4.69) is 19.2 Å². The van der Waals surface area contributed by atoms with E-state index in [-0.39, 0.29) is 6.10 Å². The maximum atomic E-state index is 9.42. The van der Waals surface area contributed by atoms with Gasteiger partial charge in [0.1, 0.15) is 0 Å². The molecule has 2 N–H and O–H groups in total. The van der Waals surface area contributed by atoms with Crippen LogP contribution in [-0.2, 0) is 0 Å². The van der Waals surface area contributed by atoms with Crippen molar-refractivity contribution >= 4 is 0 Å². The Bertz CT molecular complexity index is 112. The second-order valence-electron chi connectivity index (χ2n) is 4.08. The summed E-state index contributed by atoms with van der Waals surface area (Å²) in [4.78, 5) is 0. The fourth-order valence-corrected chi connectivity index (χ4v) is 1.78. The molecule has 1 aliphatic heterocycles. The molecule has 1 saturated heterocycles. The molecule has 0 aromatic rings. The lowest BCUT2D eigenvalue weighted by Gasteiger charge is -2.12. The van der Waals surface area contributed by atoms with Gasteiger partial charge in [0.15, 0.2) is 0 Å². The zero-order valence-electron chi connectivity index (χ0n) is 7.67. The number of aliphatic hydroxyl groups is 1. The van der Waals surface area contributed by atoms with Crippen LogP contribution in [0.15, 0.2) is 0 Å². The molecule has 0 aromatic carbocycles. The molecule has 1 aliphatic rings. The van der Waals surface area contributed by atoms with E-state index in [1.54, 1.807) is 0 Å².